The van der Waals surface area contributed by atoms with Crippen molar-refractivity contribution < 1.29 is 9.53 Å². The molecule has 0 amide bonds. The van der Waals surface area contributed by atoms with Gasteiger partial charge < -0.3 is 4.74 Å². The Labute approximate surface area is 229 Å². The molecule has 38 heavy (non-hydrogen) atoms. The Bertz CT molecular complexity index is 1190. The molecule has 6 fully saturated rings. The molecule has 2 heterocycles. The minimum absolute atomic E-state index is 0.0351. The van der Waals surface area contributed by atoms with Crippen LogP contribution < -0.4 is 0 Å². The molecule has 0 N–H and O–H groups in total. The standard InChI is InChI=1S/C35H47NO2/c1-22-16-30-31(36(19-22)20-24-8-6-5-7-9-24)23(2)35(38-30)15-13-28-27-11-10-25-17-26(37)12-14-32(25,3)29(27)18-34(28)21-33(34,35)4/h5-9,17,22-23,27-31H,10-16,18-21H2,1-4H3/t22-,23+,27-,28-,29-,30+,31-,32-,33?,34?,35?/m0/s1. The fourth-order valence-corrected chi connectivity index (χ4v) is 12.4. The van der Waals surface area contributed by atoms with Gasteiger partial charge in [0.15, 0.2) is 5.78 Å². The third-order valence-corrected chi connectivity index (χ3v) is 14.1. The van der Waals surface area contributed by atoms with E-state index in [1.165, 1.54) is 62.6 Å². The lowest BCUT2D eigenvalue weighted by Gasteiger charge is -2.50. The lowest BCUT2D eigenvalue weighted by atomic mass is 9.56. The summed E-state index contributed by atoms with van der Waals surface area (Å²) in [6.45, 7) is 12.5. The second-order valence-electron chi connectivity index (χ2n) is 15.5. The number of carbonyl (C=O) groups is 1. The molecule has 0 aromatic heterocycles. The molecule has 3 heteroatoms. The zero-order valence-electron chi connectivity index (χ0n) is 24.0. The van der Waals surface area contributed by atoms with E-state index < -0.39 is 0 Å². The van der Waals surface area contributed by atoms with Gasteiger partial charge in [-0.15, -0.1) is 0 Å². The van der Waals surface area contributed by atoms with Crippen LogP contribution >= 0.6 is 0 Å². The molecule has 8 rings (SSSR count). The van der Waals surface area contributed by atoms with E-state index in [-0.39, 0.29) is 11.0 Å². The van der Waals surface area contributed by atoms with Crippen molar-refractivity contribution in [2.45, 2.75) is 110 Å². The fourth-order valence-electron chi connectivity index (χ4n) is 12.4. The van der Waals surface area contributed by atoms with Gasteiger partial charge in [-0.3, -0.25) is 9.69 Å². The number of rotatable bonds is 2. The van der Waals surface area contributed by atoms with Gasteiger partial charge in [-0.05, 0) is 97.5 Å². The van der Waals surface area contributed by atoms with Crippen LogP contribution in [0.5, 0.6) is 0 Å². The van der Waals surface area contributed by atoms with Crippen molar-refractivity contribution >= 4 is 5.78 Å². The highest BCUT2D eigenvalue weighted by Gasteiger charge is 2.84. The molecule has 4 saturated carbocycles. The van der Waals surface area contributed by atoms with E-state index in [2.05, 4.69) is 69.0 Å². The normalized spacial score (nSPS) is 53.0. The van der Waals surface area contributed by atoms with Crippen molar-refractivity contribution in [3.8, 4) is 0 Å². The second kappa shape index (κ2) is 7.84. The summed E-state index contributed by atoms with van der Waals surface area (Å²) in [4.78, 5) is 15.1. The van der Waals surface area contributed by atoms with Gasteiger partial charge in [0, 0.05) is 36.9 Å². The summed E-state index contributed by atoms with van der Waals surface area (Å²) in [6, 6.07) is 11.7. The van der Waals surface area contributed by atoms with E-state index in [1.807, 2.05) is 0 Å². The molecule has 5 aliphatic carbocycles. The minimum atomic E-state index is 0.0351. The van der Waals surface area contributed by atoms with Crippen LogP contribution in [0.15, 0.2) is 42.0 Å². The topological polar surface area (TPSA) is 29.5 Å². The molecule has 204 valence electrons. The first-order valence-electron chi connectivity index (χ1n) is 15.9. The maximum Gasteiger partial charge on any atom is 0.155 e. The van der Waals surface area contributed by atoms with E-state index in [1.54, 1.807) is 0 Å². The Kier molecular flexibility index (Phi) is 5.03. The minimum Gasteiger partial charge on any atom is -0.369 e. The number of likely N-dealkylation sites (tertiary alicyclic amines) is 1. The number of allylic oxidation sites excluding steroid dienone is 2. The summed E-state index contributed by atoms with van der Waals surface area (Å²) in [6.07, 6.45) is 13.4. The monoisotopic (exact) mass is 513 g/mol. The van der Waals surface area contributed by atoms with Crippen molar-refractivity contribution in [1.82, 2.24) is 4.90 Å². The average molecular weight is 514 g/mol. The van der Waals surface area contributed by atoms with Crippen LogP contribution in [0.3, 0.4) is 0 Å². The van der Waals surface area contributed by atoms with Crippen molar-refractivity contribution in [2.24, 2.45) is 45.8 Å². The molecule has 1 aromatic carbocycles. The number of hydrogen-bond donors (Lipinski definition) is 0. The Morgan fingerprint density at radius 2 is 1.84 bits per heavy atom. The van der Waals surface area contributed by atoms with Crippen LogP contribution in [0.2, 0.25) is 0 Å². The predicted octanol–water partition coefficient (Wildman–Crippen LogP) is 7.20. The molecule has 11 atom stereocenters. The summed E-state index contributed by atoms with van der Waals surface area (Å²) in [5, 5.41) is 0. The lowest BCUT2D eigenvalue weighted by molar-refractivity contribution is -0.148. The van der Waals surface area contributed by atoms with Gasteiger partial charge in [-0.25, -0.2) is 0 Å². The maximum absolute atomic E-state index is 12.3. The number of hydrogen-bond acceptors (Lipinski definition) is 3. The average Bonchev–Trinajstić information content (AvgIpc) is 3.23. The zero-order valence-corrected chi connectivity index (χ0v) is 24.0. The number of fused-ring (bicyclic) bond motifs is 6. The van der Waals surface area contributed by atoms with Crippen molar-refractivity contribution in [3.63, 3.8) is 0 Å². The van der Waals surface area contributed by atoms with E-state index in [9.17, 15) is 4.79 Å². The highest BCUT2D eigenvalue weighted by molar-refractivity contribution is 5.91. The SMILES string of the molecule is C[C@H]1C[C@H]2OC3(CC[C@H]4[C@@H]5CCC6=CC(=O)CC[C@]6(C)[C@H]5CC45CC53C)[C@H](C)[C@@H]2N(Cc2ccccc2)C1. The van der Waals surface area contributed by atoms with Gasteiger partial charge in [-0.2, -0.15) is 0 Å². The first-order chi connectivity index (χ1) is 18.2. The smallest absolute Gasteiger partial charge is 0.155 e. The highest BCUT2D eigenvalue weighted by atomic mass is 16.5. The summed E-state index contributed by atoms with van der Waals surface area (Å²) < 4.78 is 7.51. The van der Waals surface area contributed by atoms with Gasteiger partial charge in [0.25, 0.3) is 0 Å². The summed E-state index contributed by atoms with van der Waals surface area (Å²) in [5.41, 5.74) is 4.02. The van der Waals surface area contributed by atoms with Crippen molar-refractivity contribution in [3.05, 3.63) is 47.5 Å². The molecule has 1 aromatic rings. The molecule has 0 bridgehead atoms. The van der Waals surface area contributed by atoms with Crippen LogP contribution in [0.1, 0.15) is 91.0 Å². The van der Waals surface area contributed by atoms with E-state index in [0.29, 0.717) is 40.6 Å². The maximum atomic E-state index is 12.3. The Morgan fingerprint density at radius 1 is 1.03 bits per heavy atom. The number of carbonyl (C=O) groups excluding carboxylic acids is 1. The zero-order chi connectivity index (χ0) is 26.1. The van der Waals surface area contributed by atoms with Crippen LogP contribution in [0.4, 0.5) is 0 Å². The molecule has 2 aliphatic heterocycles. The van der Waals surface area contributed by atoms with Gasteiger partial charge in [0.2, 0.25) is 0 Å². The Morgan fingerprint density at radius 3 is 2.66 bits per heavy atom. The number of ketones is 1. The second-order valence-corrected chi connectivity index (χ2v) is 15.5. The van der Waals surface area contributed by atoms with Gasteiger partial charge >= 0.3 is 0 Å². The largest absolute Gasteiger partial charge is 0.369 e. The van der Waals surface area contributed by atoms with Gasteiger partial charge in [0.1, 0.15) is 0 Å². The molecule has 3 nitrogen and oxygen atoms in total. The summed E-state index contributed by atoms with van der Waals surface area (Å²) in [5.74, 6) is 4.15. The molecule has 2 spiro atoms. The number of ether oxygens (including phenoxy) is 1. The molecule has 3 unspecified atom stereocenters. The number of nitrogens with zero attached hydrogens (tertiary/aromatic N) is 1. The molecule has 7 aliphatic rings. The number of piperidine rings is 1. The van der Waals surface area contributed by atoms with Crippen LogP contribution in [0, 0.1) is 45.8 Å². The Balaban J connectivity index is 1.12. The van der Waals surface area contributed by atoms with E-state index in [4.69, 9.17) is 4.74 Å². The molecular weight excluding hydrogens is 466 g/mol. The van der Waals surface area contributed by atoms with Crippen LogP contribution in [-0.2, 0) is 16.1 Å². The quantitative estimate of drug-likeness (QED) is 0.419. The fraction of sp³-hybridized carbons (Fsp3) is 0.743. The van der Waals surface area contributed by atoms with E-state index >= 15 is 0 Å². The van der Waals surface area contributed by atoms with Gasteiger partial charge in [0.05, 0.1) is 11.7 Å². The predicted molar refractivity (Wildman–Crippen MR) is 150 cm³/mol. The highest BCUT2D eigenvalue weighted by Crippen LogP contribution is 2.87. The molecular formula is C35H47NO2. The first-order valence-corrected chi connectivity index (χ1v) is 15.9. The summed E-state index contributed by atoms with van der Waals surface area (Å²) >= 11 is 0. The van der Waals surface area contributed by atoms with Crippen LogP contribution in [-0.4, -0.2) is 35.0 Å². The molecule has 0 radical (unpaired) electrons. The van der Waals surface area contributed by atoms with Gasteiger partial charge in [-0.1, -0.05) is 63.6 Å². The van der Waals surface area contributed by atoms with Crippen LogP contribution in [0.25, 0.3) is 0 Å². The van der Waals surface area contributed by atoms with E-state index in [0.717, 1.165) is 37.1 Å². The summed E-state index contributed by atoms with van der Waals surface area (Å²) in [7, 11) is 0. The first kappa shape index (κ1) is 24.4. The van der Waals surface area contributed by atoms with Crippen molar-refractivity contribution in [2.75, 3.05) is 6.54 Å². The Hall–Kier alpha value is -1.45. The number of benzene rings is 1. The third kappa shape index (κ3) is 2.91. The third-order valence-electron chi connectivity index (χ3n) is 14.1. The lowest BCUT2D eigenvalue weighted by Crippen LogP contribution is -2.54. The van der Waals surface area contributed by atoms with Crippen molar-refractivity contribution in [1.29, 1.82) is 0 Å². The molecule has 2 saturated heterocycles.